The molecule has 3 aromatic heterocycles. The van der Waals surface area contributed by atoms with Gasteiger partial charge in [0.25, 0.3) is 5.56 Å². The Balaban J connectivity index is 1.80. The molecule has 3 heterocycles. The molecule has 0 unspecified atom stereocenters. The van der Waals surface area contributed by atoms with Crippen molar-refractivity contribution in [2.24, 2.45) is 0 Å². The summed E-state index contributed by atoms with van der Waals surface area (Å²) in [4.78, 5) is 37.4. The average molecular weight is 355 g/mol. The van der Waals surface area contributed by atoms with Crippen molar-refractivity contribution >= 4 is 34.3 Å². The van der Waals surface area contributed by atoms with E-state index in [1.807, 2.05) is 6.08 Å². The van der Waals surface area contributed by atoms with Crippen LogP contribution in [0.2, 0.25) is 0 Å². The molecule has 1 aliphatic rings. The van der Waals surface area contributed by atoms with Crippen LogP contribution in [0.25, 0.3) is 17.0 Å². The van der Waals surface area contributed by atoms with Gasteiger partial charge in [0.1, 0.15) is 16.9 Å². The van der Waals surface area contributed by atoms with Crippen LogP contribution in [0.3, 0.4) is 0 Å². The van der Waals surface area contributed by atoms with E-state index in [2.05, 4.69) is 26.1 Å². The highest BCUT2D eigenvalue weighted by molar-refractivity contribution is 7.11. The summed E-state index contributed by atoms with van der Waals surface area (Å²) < 4.78 is 1.24. The fourth-order valence-electron chi connectivity index (χ4n) is 2.79. The molecule has 3 aromatic rings. The average Bonchev–Trinajstić information content (AvgIpc) is 3.01. The largest absolute Gasteiger partial charge is 0.481 e. The Morgan fingerprint density at radius 1 is 1.40 bits per heavy atom. The number of allylic oxidation sites excluding steroid dienone is 1. The van der Waals surface area contributed by atoms with E-state index in [9.17, 15) is 9.59 Å². The zero-order chi connectivity index (χ0) is 17.4. The smallest absolute Gasteiger partial charge is 0.309 e. The van der Waals surface area contributed by atoms with Gasteiger partial charge in [-0.1, -0.05) is 6.08 Å². The lowest BCUT2D eigenvalue weighted by molar-refractivity contribution is -0.136. The molecule has 8 nitrogen and oxygen atoms in total. The molecule has 1 aliphatic carbocycles. The highest BCUT2D eigenvalue weighted by Crippen LogP contribution is 2.25. The monoisotopic (exact) mass is 355 g/mol. The molecule has 0 saturated carbocycles. The molecular weight excluding hydrogens is 342 g/mol. The van der Waals surface area contributed by atoms with E-state index in [0.717, 1.165) is 23.5 Å². The number of hydrogen-bond acceptors (Lipinski definition) is 7. The Kier molecular flexibility index (Phi) is 3.85. The van der Waals surface area contributed by atoms with Crippen molar-refractivity contribution in [3.8, 4) is 0 Å². The third kappa shape index (κ3) is 2.93. The minimum Gasteiger partial charge on any atom is -0.481 e. The Morgan fingerprint density at radius 2 is 2.28 bits per heavy atom. The minimum atomic E-state index is -1.03. The number of thiazole rings is 1. The Morgan fingerprint density at radius 3 is 3.08 bits per heavy atom. The summed E-state index contributed by atoms with van der Waals surface area (Å²) in [6.07, 6.45) is 8.38. The number of carboxylic acids is 1. The van der Waals surface area contributed by atoms with E-state index < -0.39 is 5.97 Å². The maximum Gasteiger partial charge on any atom is 0.309 e. The van der Waals surface area contributed by atoms with E-state index >= 15 is 0 Å². The van der Waals surface area contributed by atoms with E-state index in [1.54, 1.807) is 11.3 Å². The van der Waals surface area contributed by atoms with Gasteiger partial charge in [0.15, 0.2) is 0 Å². The van der Waals surface area contributed by atoms with Crippen molar-refractivity contribution in [2.75, 3.05) is 0 Å². The molecule has 4 rings (SSSR count). The van der Waals surface area contributed by atoms with Gasteiger partial charge in [-0.15, -0.1) is 11.3 Å². The Bertz CT molecular complexity index is 1070. The fraction of sp³-hybridized carbons (Fsp3) is 0.250. The maximum atomic E-state index is 12.6. The van der Waals surface area contributed by atoms with Crippen LogP contribution in [0.4, 0.5) is 0 Å². The number of aliphatic carboxylic acids is 1. The molecule has 0 atom stereocenters. The standard InChI is InChI=1S/C16H13N5O3S/c22-14(23)5-11-9-6-17-8-18-15(9)16(24)21(20-11)7-13-19-10-3-1-2-4-12(10)25-13/h1,3,6,8H,2,4-5,7H2,(H,22,23). The van der Waals surface area contributed by atoms with Gasteiger partial charge in [-0.3, -0.25) is 9.59 Å². The summed E-state index contributed by atoms with van der Waals surface area (Å²) in [6, 6.07) is 0. The third-order valence-electron chi connectivity index (χ3n) is 3.89. The number of fused-ring (bicyclic) bond motifs is 2. The second-order valence-corrected chi connectivity index (χ2v) is 6.79. The number of carboxylic acid groups (broad SMARTS) is 1. The van der Waals surface area contributed by atoms with Crippen molar-refractivity contribution in [2.45, 2.75) is 25.8 Å². The molecule has 1 N–H and O–H groups in total. The Labute approximate surface area is 145 Å². The highest BCUT2D eigenvalue weighted by atomic mass is 32.1. The van der Waals surface area contributed by atoms with E-state index in [-0.39, 0.29) is 29.7 Å². The van der Waals surface area contributed by atoms with Gasteiger partial charge in [0, 0.05) is 16.5 Å². The molecule has 0 amide bonds. The first kappa shape index (κ1) is 15.6. The normalized spacial score (nSPS) is 13.1. The predicted molar refractivity (Wildman–Crippen MR) is 91.5 cm³/mol. The number of carbonyl (C=O) groups is 1. The summed E-state index contributed by atoms with van der Waals surface area (Å²) >= 11 is 1.55. The van der Waals surface area contributed by atoms with E-state index in [1.165, 1.54) is 22.1 Å². The van der Waals surface area contributed by atoms with Gasteiger partial charge in [0.2, 0.25) is 0 Å². The number of hydrogen-bond donors (Lipinski definition) is 1. The Hall–Kier alpha value is -2.94. The second-order valence-electron chi connectivity index (χ2n) is 5.62. The number of aryl methyl sites for hydroxylation is 1. The van der Waals surface area contributed by atoms with E-state index in [0.29, 0.717) is 5.39 Å². The summed E-state index contributed by atoms with van der Waals surface area (Å²) in [7, 11) is 0. The SMILES string of the molecule is O=C(O)Cc1nn(Cc2nc3c(s2)CCC=C3)c(=O)c2ncncc12. The van der Waals surface area contributed by atoms with Crippen LogP contribution in [0, 0.1) is 0 Å². The first-order valence-corrected chi connectivity index (χ1v) is 8.50. The van der Waals surface area contributed by atoms with Crippen molar-refractivity contribution in [3.63, 3.8) is 0 Å². The van der Waals surface area contributed by atoms with Crippen LogP contribution in [0.5, 0.6) is 0 Å². The first-order chi connectivity index (χ1) is 12.1. The maximum absolute atomic E-state index is 12.6. The van der Waals surface area contributed by atoms with E-state index in [4.69, 9.17) is 5.11 Å². The fourth-order valence-corrected chi connectivity index (χ4v) is 3.84. The summed E-state index contributed by atoms with van der Waals surface area (Å²) in [5.41, 5.74) is 0.995. The zero-order valence-electron chi connectivity index (χ0n) is 13.0. The lowest BCUT2D eigenvalue weighted by Crippen LogP contribution is -2.26. The van der Waals surface area contributed by atoms with Crippen LogP contribution in [-0.4, -0.2) is 35.8 Å². The molecule has 0 saturated heterocycles. The van der Waals surface area contributed by atoms with Gasteiger partial charge in [0.05, 0.1) is 24.4 Å². The lowest BCUT2D eigenvalue weighted by atomic mass is 10.1. The molecule has 0 bridgehead atoms. The number of aromatic nitrogens is 5. The van der Waals surface area contributed by atoms with Gasteiger partial charge in [-0.25, -0.2) is 19.6 Å². The van der Waals surface area contributed by atoms with Crippen LogP contribution < -0.4 is 5.56 Å². The molecule has 9 heteroatoms. The topological polar surface area (TPSA) is 111 Å². The molecule has 25 heavy (non-hydrogen) atoms. The molecule has 126 valence electrons. The summed E-state index contributed by atoms with van der Waals surface area (Å²) in [5.74, 6) is -1.03. The third-order valence-corrected chi connectivity index (χ3v) is 5.01. The van der Waals surface area contributed by atoms with Crippen LogP contribution in [-0.2, 0) is 24.2 Å². The van der Waals surface area contributed by atoms with Crippen LogP contribution in [0.15, 0.2) is 23.4 Å². The molecule has 0 aromatic carbocycles. The molecule has 0 radical (unpaired) electrons. The highest BCUT2D eigenvalue weighted by Gasteiger charge is 2.17. The first-order valence-electron chi connectivity index (χ1n) is 7.68. The van der Waals surface area contributed by atoms with Gasteiger partial charge in [-0.05, 0) is 18.9 Å². The molecule has 0 aliphatic heterocycles. The minimum absolute atomic E-state index is 0.169. The van der Waals surface area contributed by atoms with Gasteiger partial charge >= 0.3 is 5.97 Å². The van der Waals surface area contributed by atoms with Crippen LogP contribution >= 0.6 is 11.3 Å². The number of nitrogens with zero attached hydrogens (tertiary/aromatic N) is 5. The molecule has 0 spiro atoms. The molecular formula is C16H13N5O3S. The lowest BCUT2D eigenvalue weighted by Gasteiger charge is -2.07. The van der Waals surface area contributed by atoms with Crippen LogP contribution in [0.1, 0.15) is 27.7 Å². The van der Waals surface area contributed by atoms with Gasteiger partial charge in [-0.2, -0.15) is 5.10 Å². The summed E-state index contributed by atoms with van der Waals surface area (Å²) in [6.45, 7) is 0.191. The summed E-state index contributed by atoms with van der Waals surface area (Å²) in [5, 5.41) is 14.5. The number of rotatable bonds is 4. The van der Waals surface area contributed by atoms with Crippen molar-refractivity contribution < 1.29 is 9.90 Å². The molecule has 0 fully saturated rings. The van der Waals surface area contributed by atoms with Gasteiger partial charge < -0.3 is 5.11 Å². The zero-order valence-corrected chi connectivity index (χ0v) is 13.9. The predicted octanol–water partition coefficient (Wildman–Crippen LogP) is 1.28. The second kappa shape index (κ2) is 6.17. The van der Waals surface area contributed by atoms with Crippen molar-refractivity contribution in [1.82, 2.24) is 24.7 Å². The van der Waals surface area contributed by atoms with Crippen molar-refractivity contribution in [1.29, 1.82) is 0 Å². The van der Waals surface area contributed by atoms with Crippen molar-refractivity contribution in [3.05, 3.63) is 50.2 Å². The quantitative estimate of drug-likeness (QED) is 0.750.